The Hall–Kier alpha value is -1.17. The first-order valence-corrected chi connectivity index (χ1v) is 8.55. The molecule has 3 rings (SSSR count). The van der Waals surface area contributed by atoms with E-state index in [1.54, 1.807) is 0 Å². The van der Waals surface area contributed by atoms with E-state index in [1.165, 1.54) is 25.7 Å². The van der Waals surface area contributed by atoms with Crippen LogP contribution in [-0.4, -0.2) is 45.8 Å². The third-order valence-electron chi connectivity index (χ3n) is 3.92. The van der Waals surface area contributed by atoms with Gasteiger partial charge >= 0.3 is 0 Å². The van der Waals surface area contributed by atoms with Crippen LogP contribution in [0.4, 0.5) is 0 Å². The lowest BCUT2D eigenvalue weighted by Gasteiger charge is -2.20. The van der Waals surface area contributed by atoms with Gasteiger partial charge in [0.05, 0.1) is 5.69 Å². The molecule has 1 fully saturated rings. The molecule has 2 aliphatic rings. The molecule has 2 aliphatic heterocycles. The van der Waals surface area contributed by atoms with Crippen LogP contribution in [0.3, 0.4) is 0 Å². The lowest BCUT2D eigenvalue weighted by atomic mass is 10.2. The monoisotopic (exact) mass is 293 g/mol. The predicted octanol–water partition coefficient (Wildman–Crippen LogP) is 1.72. The number of nitrogens with zero attached hydrogens (tertiary/aromatic N) is 4. The van der Waals surface area contributed by atoms with Gasteiger partial charge in [-0.1, -0.05) is 24.6 Å². The Balaban J connectivity index is 1.50. The summed E-state index contributed by atoms with van der Waals surface area (Å²) in [5.41, 5.74) is 7.24. The molecule has 110 valence electrons. The first kappa shape index (κ1) is 13.8. The summed E-state index contributed by atoms with van der Waals surface area (Å²) in [6.07, 6.45) is 8.16. The molecule has 0 amide bonds. The van der Waals surface area contributed by atoms with Crippen molar-refractivity contribution < 1.29 is 0 Å². The van der Waals surface area contributed by atoms with Gasteiger partial charge in [-0.15, -0.1) is 0 Å². The first-order valence-electron chi connectivity index (χ1n) is 7.56. The fourth-order valence-corrected chi connectivity index (χ4v) is 3.73. The van der Waals surface area contributed by atoms with Gasteiger partial charge in [-0.25, -0.2) is 4.98 Å². The smallest absolute Gasteiger partial charge is 0.191 e. The van der Waals surface area contributed by atoms with Crippen LogP contribution < -0.4 is 5.73 Å². The number of aromatic nitrogens is 2. The van der Waals surface area contributed by atoms with Crippen molar-refractivity contribution in [3.05, 3.63) is 11.9 Å². The molecule has 3 heterocycles. The topological polar surface area (TPSA) is 59.4 Å². The zero-order valence-corrected chi connectivity index (χ0v) is 12.7. The molecule has 6 heteroatoms. The van der Waals surface area contributed by atoms with Crippen LogP contribution in [0.25, 0.3) is 0 Å². The zero-order chi connectivity index (χ0) is 13.8. The second-order valence-corrected chi connectivity index (χ2v) is 6.51. The van der Waals surface area contributed by atoms with E-state index in [0.717, 1.165) is 49.2 Å². The van der Waals surface area contributed by atoms with E-state index in [1.807, 2.05) is 11.8 Å². The third kappa shape index (κ3) is 3.29. The zero-order valence-electron chi connectivity index (χ0n) is 11.9. The van der Waals surface area contributed by atoms with E-state index in [0.29, 0.717) is 5.96 Å². The average molecular weight is 293 g/mol. The molecular formula is C14H23N5S. The molecule has 1 aromatic rings. The second-order valence-electron chi connectivity index (χ2n) is 5.45. The summed E-state index contributed by atoms with van der Waals surface area (Å²) in [7, 11) is 0. The van der Waals surface area contributed by atoms with E-state index in [4.69, 9.17) is 5.73 Å². The predicted molar refractivity (Wildman–Crippen MR) is 83.2 cm³/mol. The molecule has 2 N–H and O–H groups in total. The Morgan fingerprint density at radius 1 is 1.25 bits per heavy atom. The van der Waals surface area contributed by atoms with E-state index < -0.39 is 0 Å². The van der Waals surface area contributed by atoms with Gasteiger partial charge in [-0.3, -0.25) is 4.99 Å². The van der Waals surface area contributed by atoms with Gasteiger partial charge in [0.1, 0.15) is 0 Å². The van der Waals surface area contributed by atoms with Crippen molar-refractivity contribution in [2.75, 3.05) is 25.4 Å². The number of aryl methyl sites for hydroxylation is 1. The van der Waals surface area contributed by atoms with Gasteiger partial charge in [0.25, 0.3) is 0 Å². The third-order valence-corrected chi connectivity index (χ3v) is 4.90. The molecular weight excluding hydrogens is 270 g/mol. The summed E-state index contributed by atoms with van der Waals surface area (Å²) < 4.78 is 2.24. The number of guanidine groups is 1. The Morgan fingerprint density at radius 2 is 2.05 bits per heavy atom. The van der Waals surface area contributed by atoms with Crippen molar-refractivity contribution in [2.45, 2.75) is 43.8 Å². The molecule has 0 saturated carbocycles. The van der Waals surface area contributed by atoms with Crippen LogP contribution in [0.5, 0.6) is 0 Å². The van der Waals surface area contributed by atoms with Gasteiger partial charge < -0.3 is 15.2 Å². The summed E-state index contributed by atoms with van der Waals surface area (Å²) >= 11 is 1.84. The maximum Gasteiger partial charge on any atom is 0.191 e. The fourth-order valence-electron chi connectivity index (χ4n) is 2.77. The normalized spacial score (nSPS) is 20.0. The van der Waals surface area contributed by atoms with Crippen LogP contribution in [0.1, 0.15) is 31.4 Å². The Morgan fingerprint density at radius 3 is 2.80 bits per heavy atom. The number of imidazole rings is 1. The minimum Gasteiger partial charge on any atom is -0.370 e. The summed E-state index contributed by atoms with van der Waals surface area (Å²) in [5.74, 6) is 1.87. The minimum atomic E-state index is 0.716. The quantitative estimate of drug-likeness (QED) is 0.681. The second kappa shape index (κ2) is 6.52. The Bertz CT molecular complexity index is 452. The molecule has 1 aromatic heterocycles. The van der Waals surface area contributed by atoms with Crippen molar-refractivity contribution in [1.82, 2.24) is 14.5 Å². The molecule has 5 nitrogen and oxygen atoms in total. The van der Waals surface area contributed by atoms with Gasteiger partial charge in [-0.2, -0.15) is 0 Å². The number of thioether (sulfide) groups is 1. The summed E-state index contributed by atoms with van der Waals surface area (Å²) in [5, 5.41) is 1.16. The van der Waals surface area contributed by atoms with Crippen LogP contribution >= 0.6 is 11.8 Å². The van der Waals surface area contributed by atoms with Crippen molar-refractivity contribution in [3.63, 3.8) is 0 Å². The van der Waals surface area contributed by atoms with Crippen LogP contribution in [0.2, 0.25) is 0 Å². The number of fused-ring (bicyclic) bond motifs is 1. The molecule has 0 unspecified atom stereocenters. The van der Waals surface area contributed by atoms with Crippen LogP contribution in [-0.2, 0) is 13.0 Å². The molecule has 20 heavy (non-hydrogen) atoms. The Labute approximate surface area is 124 Å². The van der Waals surface area contributed by atoms with Crippen molar-refractivity contribution in [1.29, 1.82) is 0 Å². The highest BCUT2D eigenvalue weighted by Gasteiger charge is 2.14. The summed E-state index contributed by atoms with van der Waals surface area (Å²) in [6.45, 7) is 3.95. The number of rotatable bonds is 3. The highest BCUT2D eigenvalue weighted by Crippen LogP contribution is 2.24. The van der Waals surface area contributed by atoms with Crippen molar-refractivity contribution >= 4 is 17.7 Å². The molecule has 0 spiro atoms. The van der Waals surface area contributed by atoms with Gasteiger partial charge in [-0.05, 0) is 12.8 Å². The van der Waals surface area contributed by atoms with Crippen LogP contribution in [0, 0.1) is 0 Å². The largest absolute Gasteiger partial charge is 0.370 e. The van der Waals surface area contributed by atoms with E-state index in [9.17, 15) is 0 Å². The number of likely N-dealkylation sites (tertiary alicyclic amines) is 1. The summed E-state index contributed by atoms with van der Waals surface area (Å²) in [6, 6.07) is 0. The van der Waals surface area contributed by atoms with E-state index in [2.05, 4.69) is 25.6 Å². The maximum absolute atomic E-state index is 6.10. The molecule has 0 radical (unpaired) electrons. The SMILES string of the molecule is NC(=NCCc1cn2c(n1)SCC2)N1CCCCCC1. The molecule has 0 aromatic carbocycles. The number of nitrogens with two attached hydrogens (primary N) is 1. The summed E-state index contributed by atoms with van der Waals surface area (Å²) in [4.78, 5) is 11.4. The first-order chi connectivity index (χ1) is 9.83. The molecule has 0 atom stereocenters. The highest BCUT2D eigenvalue weighted by atomic mass is 32.2. The van der Waals surface area contributed by atoms with Crippen molar-refractivity contribution in [3.8, 4) is 0 Å². The van der Waals surface area contributed by atoms with Gasteiger partial charge in [0.15, 0.2) is 11.1 Å². The minimum absolute atomic E-state index is 0.716. The fraction of sp³-hybridized carbons (Fsp3) is 0.714. The molecule has 0 bridgehead atoms. The average Bonchev–Trinajstić information content (AvgIpc) is 2.90. The lowest BCUT2D eigenvalue weighted by molar-refractivity contribution is 0.428. The number of aliphatic imine (C=N–C) groups is 1. The van der Waals surface area contributed by atoms with Crippen molar-refractivity contribution in [2.24, 2.45) is 10.7 Å². The van der Waals surface area contributed by atoms with Gasteiger partial charge in [0.2, 0.25) is 0 Å². The molecule has 1 saturated heterocycles. The maximum atomic E-state index is 6.10. The van der Waals surface area contributed by atoms with Crippen LogP contribution in [0.15, 0.2) is 16.3 Å². The highest BCUT2D eigenvalue weighted by molar-refractivity contribution is 7.99. The Kier molecular flexibility index (Phi) is 4.50. The molecule has 0 aliphatic carbocycles. The van der Waals surface area contributed by atoms with E-state index in [-0.39, 0.29) is 0 Å². The number of hydrogen-bond acceptors (Lipinski definition) is 3. The van der Waals surface area contributed by atoms with E-state index >= 15 is 0 Å². The standard InChI is InChI=1S/C14H23N5S/c15-13(18-7-3-1-2-4-8-18)16-6-5-12-11-19-9-10-20-14(19)17-12/h11H,1-10H2,(H2,15,16). The lowest BCUT2D eigenvalue weighted by Crippen LogP contribution is -2.38. The number of hydrogen-bond donors (Lipinski definition) is 1. The van der Waals surface area contributed by atoms with Gasteiger partial charge in [0, 0.05) is 44.5 Å².